The Bertz CT molecular complexity index is 626. The highest BCUT2D eigenvalue weighted by atomic mass is 35.5. The van der Waals surface area contributed by atoms with Crippen molar-refractivity contribution in [2.45, 2.75) is 26.3 Å². The fourth-order valence-corrected chi connectivity index (χ4v) is 3.74. The summed E-state index contributed by atoms with van der Waals surface area (Å²) in [6, 6.07) is 5.13. The number of benzene rings is 1. The van der Waals surface area contributed by atoms with Gasteiger partial charge in [-0.3, -0.25) is 9.59 Å². The highest BCUT2D eigenvalue weighted by Crippen LogP contribution is 2.26. The van der Waals surface area contributed by atoms with Crippen LogP contribution in [0.1, 0.15) is 18.9 Å². The summed E-state index contributed by atoms with van der Waals surface area (Å²) in [4.78, 5) is 29.3. The van der Waals surface area contributed by atoms with E-state index < -0.39 is 0 Å². The summed E-state index contributed by atoms with van der Waals surface area (Å²) in [6.07, 6.45) is 0.307. The largest absolute Gasteiger partial charge is 0.326 e. The van der Waals surface area contributed by atoms with E-state index in [9.17, 15) is 9.59 Å². The Morgan fingerprint density at radius 3 is 2.52 bits per heavy atom. The average molecular weight is 338 g/mol. The molecule has 2 saturated heterocycles. The Balaban J connectivity index is 1.76. The number of anilines is 1. The maximum Gasteiger partial charge on any atom is 0.292 e. The summed E-state index contributed by atoms with van der Waals surface area (Å²) in [5.41, 5.74) is 1.53. The standard InChI is InChI=1S/C17H22ClN3O2/c1-3-19-6-8-20(9-7-19)15-11-16(22)21(17(15)23)13-5-4-12(2)14(18)10-13/h4-5,10,15H,3,6-9,11H2,1-2H3/p+2/t15-/m1/s1. The molecule has 1 atom stereocenters. The van der Waals surface area contributed by atoms with E-state index in [1.165, 1.54) is 9.80 Å². The number of imide groups is 1. The Morgan fingerprint density at radius 1 is 1.22 bits per heavy atom. The van der Waals surface area contributed by atoms with Crippen LogP contribution in [-0.2, 0) is 9.59 Å². The number of aryl methyl sites for hydroxylation is 1. The Kier molecular flexibility index (Phi) is 4.71. The molecule has 0 unspecified atom stereocenters. The lowest BCUT2D eigenvalue weighted by molar-refractivity contribution is -1.02. The van der Waals surface area contributed by atoms with Gasteiger partial charge in [-0.05, 0) is 31.5 Å². The summed E-state index contributed by atoms with van der Waals surface area (Å²) in [5.74, 6) is -0.192. The molecular formula is C17H24ClN3O2+2. The van der Waals surface area contributed by atoms with E-state index in [1.807, 2.05) is 13.0 Å². The molecule has 5 nitrogen and oxygen atoms in total. The number of amides is 2. The van der Waals surface area contributed by atoms with E-state index in [0.29, 0.717) is 17.1 Å². The van der Waals surface area contributed by atoms with Gasteiger partial charge in [0.1, 0.15) is 26.2 Å². The third-order valence-electron chi connectivity index (χ3n) is 5.15. The van der Waals surface area contributed by atoms with Crippen LogP contribution in [-0.4, -0.2) is 50.6 Å². The molecule has 1 aromatic rings. The minimum atomic E-state index is -0.235. The minimum Gasteiger partial charge on any atom is -0.326 e. The van der Waals surface area contributed by atoms with E-state index in [0.717, 1.165) is 38.3 Å². The van der Waals surface area contributed by atoms with Gasteiger partial charge < -0.3 is 9.80 Å². The number of carbonyl (C=O) groups is 2. The van der Waals surface area contributed by atoms with Crippen LogP contribution in [0.2, 0.25) is 5.02 Å². The third kappa shape index (κ3) is 3.13. The fraction of sp³-hybridized carbons (Fsp3) is 0.529. The highest BCUT2D eigenvalue weighted by molar-refractivity contribution is 6.32. The maximum atomic E-state index is 12.8. The van der Waals surface area contributed by atoms with Gasteiger partial charge in [-0.2, -0.15) is 0 Å². The zero-order chi connectivity index (χ0) is 16.6. The summed E-state index contributed by atoms with van der Waals surface area (Å²) in [6.45, 7) is 9.26. The van der Waals surface area contributed by atoms with Crippen molar-refractivity contribution >= 4 is 29.1 Å². The van der Waals surface area contributed by atoms with Crippen molar-refractivity contribution in [3.05, 3.63) is 28.8 Å². The molecule has 2 aliphatic heterocycles. The van der Waals surface area contributed by atoms with Crippen LogP contribution < -0.4 is 14.7 Å². The van der Waals surface area contributed by atoms with Crippen LogP contribution in [0.4, 0.5) is 5.69 Å². The maximum absolute atomic E-state index is 12.8. The van der Waals surface area contributed by atoms with Crippen molar-refractivity contribution in [2.75, 3.05) is 37.6 Å². The lowest BCUT2D eigenvalue weighted by Gasteiger charge is -2.31. The second-order valence-electron chi connectivity index (χ2n) is 6.52. The van der Waals surface area contributed by atoms with Gasteiger partial charge in [-0.1, -0.05) is 17.7 Å². The number of hydrogen-bond acceptors (Lipinski definition) is 2. The first-order valence-electron chi connectivity index (χ1n) is 8.32. The van der Waals surface area contributed by atoms with Gasteiger partial charge in [0.15, 0.2) is 6.04 Å². The number of quaternary nitrogens is 2. The van der Waals surface area contributed by atoms with Crippen molar-refractivity contribution in [1.82, 2.24) is 0 Å². The summed E-state index contributed by atoms with van der Waals surface area (Å²) in [7, 11) is 0. The number of carbonyl (C=O) groups excluding carboxylic acids is 2. The van der Waals surface area contributed by atoms with Gasteiger partial charge in [0.05, 0.1) is 18.7 Å². The third-order valence-corrected chi connectivity index (χ3v) is 5.56. The van der Waals surface area contributed by atoms with Gasteiger partial charge in [0.25, 0.3) is 5.91 Å². The van der Waals surface area contributed by atoms with Gasteiger partial charge in [-0.15, -0.1) is 0 Å². The minimum absolute atomic E-state index is 0.0788. The topological polar surface area (TPSA) is 46.3 Å². The molecule has 2 N–H and O–H groups in total. The van der Waals surface area contributed by atoms with E-state index in [4.69, 9.17) is 11.6 Å². The predicted molar refractivity (Wildman–Crippen MR) is 89.0 cm³/mol. The second kappa shape index (κ2) is 6.59. The lowest BCUT2D eigenvalue weighted by Crippen LogP contribution is -3.29. The lowest BCUT2D eigenvalue weighted by atomic mass is 10.1. The Hall–Kier alpha value is -1.43. The Labute approximate surface area is 141 Å². The van der Waals surface area contributed by atoms with Crippen molar-refractivity contribution in [3.63, 3.8) is 0 Å². The molecule has 2 fully saturated rings. The molecule has 0 aliphatic carbocycles. The number of nitrogens with zero attached hydrogens (tertiary/aromatic N) is 1. The molecule has 124 valence electrons. The van der Waals surface area contributed by atoms with E-state index in [2.05, 4.69) is 6.92 Å². The SMILES string of the molecule is CC[NH+]1CC[NH+]([C@@H]2CC(=O)N(c3ccc(C)c(Cl)c3)C2=O)CC1. The van der Waals surface area contributed by atoms with Crippen molar-refractivity contribution in [1.29, 1.82) is 0 Å². The normalized spacial score (nSPS) is 28.5. The number of rotatable bonds is 3. The molecule has 2 heterocycles. The van der Waals surface area contributed by atoms with Crippen LogP contribution in [0.15, 0.2) is 18.2 Å². The molecule has 2 aliphatic rings. The van der Waals surface area contributed by atoms with Crippen LogP contribution in [0.25, 0.3) is 0 Å². The van der Waals surface area contributed by atoms with Crippen LogP contribution in [0, 0.1) is 6.92 Å². The molecule has 0 bridgehead atoms. The molecule has 0 radical (unpaired) electrons. The molecule has 2 amide bonds. The number of nitrogens with one attached hydrogen (secondary N) is 2. The summed E-state index contributed by atoms with van der Waals surface area (Å²) in [5, 5.41) is 0.582. The van der Waals surface area contributed by atoms with Crippen molar-refractivity contribution in [3.8, 4) is 0 Å². The molecule has 3 rings (SSSR count). The highest BCUT2D eigenvalue weighted by Gasteiger charge is 2.46. The number of halogens is 1. The predicted octanol–water partition coefficient (Wildman–Crippen LogP) is -0.916. The van der Waals surface area contributed by atoms with Crippen LogP contribution in [0.5, 0.6) is 0 Å². The molecular weight excluding hydrogens is 314 g/mol. The van der Waals surface area contributed by atoms with E-state index in [-0.39, 0.29) is 17.9 Å². The van der Waals surface area contributed by atoms with E-state index in [1.54, 1.807) is 17.0 Å². The monoisotopic (exact) mass is 337 g/mol. The fourth-order valence-electron chi connectivity index (χ4n) is 3.57. The second-order valence-corrected chi connectivity index (χ2v) is 6.93. The molecule has 0 saturated carbocycles. The van der Waals surface area contributed by atoms with Crippen molar-refractivity contribution in [2.24, 2.45) is 0 Å². The summed E-state index contributed by atoms with van der Waals surface area (Å²) >= 11 is 6.15. The summed E-state index contributed by atoms with van der Waals surface area (Å²) < 4.78 is 0. The smallest absolute Gasteiger partial charge is 0.292 e. The van der Waals surface area contributed by atoms with Gasteiger partial charge >= 0.3 is 0 Å². The first-order valence-corrected chi connectivity index (χ1v) is 8.70. The van der Waals surface area contributed by atoms with Crippen molar-refractivity contribution < 1.29 is 19.4 Å². The zero-order valence-electron chi connectivity index (χ0n) is 13.7. The van der Waals surface area contributed by atoms with Gasteiger partial charge in [0, 0.05) is 5.02 Å². The molecule has 1 aromatic carbocycles. The van der Waals surface area contributed by atoms with Crippen LogP contribution in [0.3, 0.4) is 0 Å². The van der Waals surface area contributed by atoms with Crippen LogP contribution >= 0.6 is 11.6 Å². The average Bonchev–Trinajstić information content (AvgIpc) is 2.85. The molecule has 0 aromatic heterocycles. The quantitative estimate of drug-likeness (QED) is 0.701. The van der Waals surface area contributed by atoms with Gasteiger partial charge in [0.2, 0.25) is 5.91 Å². The zero-order valence-corrected chi connectivity index (χ0v) is 14.4. The van der Waals surface area contributed by atoms with Gasteiger partial charge in [-0.25, -0.2) is 4.90 Å². The first-order chi connectivity index (χ1) is 11.0. The number of likely N-dealkylation sites (N-methyl/N-ethyl adjacent to an activating group) is 1. The Morgan fingerprint density at radius 2 is 1.91 bits per heavy atom. The number of piperazine rings is 1. The molecule has 0 spiro atoms. The molecule has 6 heteroatoms. The number of hydrogen-bond donors (Lipinski definition) is 2. The molecule has 23 heavy (non-hydrogen) atoms. The van der Waals surface area contributed by atoms with E-state index >= 15 is 0 Å². The first kappa shape index (κ1) is 16.4.